The maximum absolute atomic E-state index is 13.8. The summed E-state index contributed by atoms with van der Waals surface area (Å²) in [5.74, 6) is 0. The first-order valence-electron chi connectivity index (χ1n) is 8.61. The van der Waals surface area contributed by atoms with Crippen molar-refractivity contribution >= 4 is 6.03 Å². The zero-order chi connectivity index (χ0) is 21.4. The molecule has 0 bridgehead atoms. The van der Waals surface area contributed by atoms with Crippen LogP contribution in [0.1, 0.15) is 22.3 Å². The lowest BCUT2D eigenvalue weighted by molar-refractivity contribution is -0.140. The summed E-state index contributed by atoms with van der Waals surface area (Å²) in [6.07, 6.45) is -9.70. The maximum atomic E-state index is 13.8. The van der Waals surface area contributed by atoms with Crippen LogP contribution in [-0.2, 0) is 17.9 Å². The van der Waals surface area contributed by atoms with Crippen molar-refractivity contribution in [2.24, 2.45) is 5.73 Å². The number of carbonyl (C=O) groups is 1. The van der Waals surface area contributed by atoms with E-state index in [1.807, 2.05) is 0 Å². The van der Waals surface area contributed by atoms with E-state index in [9.17, 15) is 31.1 Å². The summed E-state index contributed by atoms with van der Waals surface area (Å²) in [5.41, 5.74) is 0.119. The Morgan fingerprint density at radius 1 is 0.897 bits per heavy atom. The summed E-state index contributed by atoms with van der Waals surface area (Å²) >= 11 is 0. The van der Waals surface area contributed by atoms with Gasteiger partial charge in [0.05, 0.1) is 11.1 Å². The first-order valence-corrected chi connectivity index (χ1v) is 8.61. The Morgan fingerprint density at radius 2 is 1.34 bits per heavy atom. The van der Waals surface area contributed by atoms with Gasteiger partial charge in [0, 0.05) is 19.6 Å². The lowest BCUT2D eigenvalue weighted by atomic mass is 9.75. The number of halogens is 6. The van der Waals surface area contributed by atoms with Gasteiger partial charge in [0.15, 0.2) is 0 Å². The van der Waals surface area contributed by atoms with Crippen molar-refractivity contribution in [1.29, 1.82) is 0 Å². The van der Waals surface area contributed by atoms with Gasteiger partial charge in [-0.1, -0.05) is 36.4 Å². The molecule has 0 aromatic heterocycles. The van der Waals surface area contributed by atoms with Crippen LogP contribution in [0.3, 0.4) is 0 Å². The summed E-state index contributed by atoms with van der Waals surface area (Å²) in [7, 11) is 0. The number of alkyl halides is 6. The van der Waals surface area contributed by atoms with Gasteiger partial charge in [-0.15, -0.1) is 0 Å². The number of amides is 2. The number of nitrogens with two attached hydrogens (primary N) is 1. The third kappa shape index (κ3) is 3.64. The molecule has 29 heavy (non-hydrogen) atoms. The Morgan fingerprint density at radius 3 is 1.76 bits per heavy atom. The molecule has 1 aliphatic heterocycles. The predicted octanol–water partition coefficient (Wildman–Crippen LogP) is 3.95. The zero-order valence-corrected chi connectivity index (χ0v) is 14.9. The monoisotopic (exact) mass is 417 g/mol. The van der Waals surface area contributed by atoms with Crippen molar-refractivity contribution in [3.8, 4) is 0 Å². The molecule has 1 aliphatic rings. The SMILES string of the molecule is NC(=O)N1CCNCC1(c1ccccc1C(F)(F)F)c1ccccc1C(F)(F)F. The number of urea groups is 1. The Kier molecular flexibility index (Phi) is 5.24. The fourth-order valence-corrected chi connectivity index (χ4v) is 3.85. The number of nitrogens with one attached hydrogen (secondary N) is 1. The van der Waals surface area contributed by atoms with Crippen LogP contribution in [-0.4, -0.2) is 30.6 Å². The number of carbonyl (C=O) groups excluding carboxylic acids is 1. The van der Waals surface area contributed by atoms with Crippen molar-refractivity contribution < 1.29 is 31.1 Å². The Balaban J connectivity index is 2.43. The minimum Gasteiger partial charge on any atom is -0.351 e. The highest BCUT2D eigenvalue weighted by molar-refractivity contribution is 5.75. The topological polar surface area (TPSA) is 58.4 Å². The van der Waals surface area contributed by atoms with Gasteiger partial charge in [0.25, 0.3) is 0 Å². The number of benzene rings is 2. The molecule has 0 aliphatic carbocycles. The van der Waals surface area contributed by atoms with Crippen LogP contribution >= 0.6 is 0 Å². The molecule has 0 unspecified atom stereocenters. The molecular formula is C19H17F6N3O. The minimum absolute atomic E-state index is 0.159. The highest BCUT2D eigenvalue weighted by Crippen LogP contribution is 2.47. The second-order valence-electron chi connectivity index (χ2n) is 6.61. The molecule has 0 spiro atoms. The molecule has 156 valence electrons. The lowest BCUT2D eigenvalue weighted by Crippen LogP contribution is -2.63. The molecular weight excluding hydrogens is 400 g/mol. The van der Waals surface area contributed by atoms with Crippen LogP contribution in [0, 0.1) is 0 Å². The molecule has 2 aromatic carbocycles. The Bertz CT molecular complexity index is 852. The van der Waals surface area contributed by atoms with E-state index >= 15 is 0 Å². The first kappa shape index (κ1) is 21.0. The highest BCUT2D eigenvalue weighted by Gasteiger charge is 2.52. The van der Waals surface area contributed by atoms with Crippen LogP contribution in [0.25, 0.3) is 0 Å². The quantitative estimate of drug-likeness (QED) is 0.727. The van der Waals surface area contributed by atoms with Crippen LogP contribution in [0.4, 0.5) is 31.1 Å². The number of nitrogens with zero attached hydrogens (tertiary/aromatic N) is 1. The van der Waals surface area contributed by atoms with Crippen molar-refractivity contribution in [2.45, 2.75) is 17.9 Å². The number of hydrogen-bond donors (Lipinski definition) is 2. The summed E-state index contributed by atoms with van der Waals surface area (Å²) in [5, 5.41) is 2.83. The van der Waals surface area contributed by atoms with Gasteiger partial charge in [-0.05, 0) is 23.3 Å². The van der Waals surface area contributed by atoms with Gasteiger partial charge in [0.2, 0.25) is 0 Å². The molecule has 1 saturated heterocycles. The largest absolute Gasteiger partial charge is 0.416 e. The second-order valence-corrected chi connectivity index (χ2v) is 6.61. The molecule has 10 heteroatoms. The summed E-state index contributed by atoms with van der Waals surface area (Å²) in [6.45, 7) is -0.350. The number of piperazine rings is 1. The summed E-state index contributed by atoms with van der Waals surface area (Å²) < 4.78 is 82.6. The lowest BCUT2D eigenvalue weighted by Gasteiger charge is -2.49. The van der Waals surface area contributed by atoms with Crippen molar-refractivity contribution in [1.82, 2.24) is 10.2 Å². The molecule has 1 heterocycles. The molecule has 0 atom stereocenters. The second kappa shape index (κ2) is 7.25. The van der Waals surface area contributed by atoms with Gasteiger partial charge in [-0.25, -0.2) is 4.79 Å². The van der Waals surface area contributed by atoms with Crippen LogP contribution in [0.2, 0.25) is 0 Å². The number of rotatable bonds is 2. The molecule has 1 fully saturated rings. The Hall–Kier alpha value is -2.75. The van der Waals surface area contributed by atoms with E-state index in [0.717, 1.165) is 41.3 Å². The van der Waals surface area contributed by atoms with Crippen LogP contribution in [0.5, 0.6) is 0 Å². The average Bonchev–Trinajstić information content (AvgIpc) is 2.66. The normalized spacial score (nSPS) is 17.2. The van der Waals surface area contributed by atoms with E-state index in [1.54, 1.807) is 0 Å². The van der Waals surface area contributed by atoms with Crippen molar-refractivity contribution in [3.05, 3.63) is 70.8 Å². The molecule has 2 aromatic rings. The third-order valence-corrected chi connectivity index (χ3v) is 4.98. The van der Waals surface area contributed by atoms with E-state index in [2.05, 4.69) is 5.32 Å². The van der Waals surface area contributed by atoms with E-state index in [-0.39, 0.29) is 19.6 Å². The van der Waals surface area contributed by atoms with Crippen molar-refractivity contribution in [2.75, 3.05) is 19.6 Å². The third-order valence-electron chi connectivity index (χ3n) is 4.98. The Labute approximate surface area is 162 Å². The summed E-state index contributed by atoms with van der Waals surface area (Å²) in [4.78, 5) is 13.1. The van der Waals surface area contributed by atoms with Crippen molar-refractivity contribution in [3.63, 3.8) is 0 Å². The van der Waals surface area contributed by atoms with E-state index < -0.39 is 46.2 Å². The standard InChI is InChI=1S/C19H17F6N3O/c20-18(21,22)14-7-3-1-5-12(14)17(11-27-9-10-28(17)16(26)29)13-6-2-4-8-15(13)19(23,24)25/h1-8,27H,9-11H2,(H2,26,29). The highest BCUT2D eigenvalue weighted by atomic mass is 19.4. The number of hydrogen-bond acceptors (Lipinski definition) is 2. The molecule has 2 amide bonds. The minimum atomic E-state index is -4.85. The predicted molar refractivity (Wildman–Crippen MR) is 92.8 cm³/mol. The van der Waals surface area contributed by atoms with E-state index in [4.69, 9.17) is 5.73 Å². The smallest absolute Gasteiger partial charge is 0.351 e. The zero-order valence-electron chi connectivity index (χ0n) is 14.9. The van der Waals surface area contributed by atoms with Gasteiger partial charge in [-0.2, -0.15) is 26.3 Å². The van der Waals surface area contributed by atoms with Gasteiger partial charge < -0.3 is 16.0 Å². The van der Waals surface area contributed by atoms with Crippen LogP contribution in [0.15, 0.2) is 48.5 Å². The average molecular weight is 417 g/mol. The molecule has 0 radical (unpaired) electrons. The summed E-state index contributed by atoms with van der Waals surface area (Å²) in [6, 6.07) is 7.47. The number of primary amides is 1. The van der Waals surface area contributed by atoms with Gasteiger partial charge >= 0.3 is 18.4 Å². The van der Waals surface area contributed by atoms with E-state index in [1.165, 1.54) is 12.1 Å². The fraction of sp³-hybridized carbons (Fsp3) is 0.316. The van der Waals surface area contributed by atoms with Crippen LogP contribution < -0.4 is 11.1 Å². The molecule has 3 rings (SSSR count). The van der Waals surface area contributed by atoms with E-state index in [0.29, 0.717) is 0 Å². The molecule has 3 N–H and O–H groups in total. The fourth-order valence-electron chi connectivity index (χ4n) is 3.85. The van der Waals surface area contributed by atoms with Gasteiger partial charge in [0.1, 0.15) is 5.54 Å². The molecule has 4 nitrogen and oxygen atoms in total. The first-order chi connectivity index (χ1) is 13.5. The van der Waals surface area contributed by atoms with Gasteiger partial charge in [-0.3, -0.25) is 0 Å². The molecule has 0 saturated carbocycles. The maximum Gasteiger partial charge on any atom is 0.416 e.